The summed E-state index contributed by atoms with van der Waals surface area (Å²) in [6.45, 7) is 6.12. The molecule has 5 nitrogen and oxygen atoms in total. The molecule has 29 heavy (non-hydrogen) atoms. The van der Waals surface area contributed by atoms with Crippen LogP contribution >= 0.6 is 0 Å². The van der Waals surface area contributed by atoms with Crippen LogP contribution < -0.4 is 0 Å². The van der Waals surface area contributed by atoms with Crippen molar-refractivity contribution in [1.82, 2.24) is 0 Å². The van der Waals surface area contributed by atoms with E-state index in [-0.39, 0.29) is 0 Å². The molecule has 0 atom stereocenters. The Hall–Kier alpha value is -0.980. The smallest absolute Gasteiger partial charge is 0.0716 e. The topological polar surface area (TPSA) is 46.2 Å². The number of rotatable bonds is 20. The van der Waals surface area contributed by atoms with Crippen molar-refractivity contribution >= 4 is 0 Å². The molecule has 0 amide bonds. The first kappa shape index (κ1) is 21.3. The molecule has 0 fully saturated rings. The van der Waals surface area contributed by atoms with Gasteiger partial charge in [-0.2, -0.15) is 0 Å². The SMILES string of the molecule is [2H]CCCOCC(COCCC[2H])(COCCC[2H])COCCCOCc1ccccc1. The van der Waals surface area contributed by atoms with Crippen LogP contribution in [0.25, 0.3) is 0 Å². The average Bonchev–Trinajstić information content (AvgIpc) is 2.82. The molecule has 1 aromatic rings. The van der Waals surface area contributed by atoms with Crippen LogP contribution in [0.5, 0.6) is 0 Å². The third-order valence-electron chi connectivity index (χ3n) is 4.19. The predicted octanol–water partition coefficient (Wildman–Crippen LogP) is 4.88. The summed E-state index contributed by atoms with van der Waals surface area (Å²) in [6, 6.07) is 10.1. The Labute approximate surface area is 182 Å². The minimum Gasteiger partial charge on any atom is -0.381 e. The Morgan fingerprint density at radius 3 is 1.66 bits per heavy atom. The second-order valence-corrected chi connectivity index (χ2v) is 7.16. The summed E-state index contributed by atoms with van der Waals surface area (Å²) in [5.41, 5.74) is 0.712. The molecule has 0 spiro atoms. The van der Waals surface area contributed by atoms with Crippen LogP contribution in [0.15, 0.2) is 30.3 Å². The fourth-order valence-corrected chi connectivity index (χ4v) is 2.74. The van der Waals surface area contributed by atoms with E-state index in [1.165, 1.54) is 0 Å². The lowest BCUT2D eigenvalue weighted by Gasteiger charge is -2.33. The van der Waals surface area contributed by atoms with E-state index >= 15 is 0 Å². The van der Waals surface area contributed by atoms with Crippen molar-refractivity contribution in [2.45, 2.75) is 53.0 Å². The maximum atomic E-state index is 7.30. The van der Waals surface area contributed by atoms with Gasteiger partial charge in [-0.25, -0.2) is 0 Å². The van der Waals surface area contributed by atoms with Gasteiger partial charge in [0.05, 0.1) is 38.4 Å². The number of hydrogen-bond acceptors (Lipinski definition) is 5. The largest absolute Gasteiger partial charge is 0.381 e. The Morgan fingerprint density at radius 1 is 0.655 bits per heavy atom. The van der Waals surface area contributed by atoms with E-state index in [0.29, 0.717) is 106 Å². The maximum absolute atomic E-state index is 7.30. The van der Waals surface area contributed by atoms with Crippen molar-refractivity contribution in [3.8, 4) is 0 Å². The molecule has 0 aliphatic rings. The first-order valence-corrected chi connectivity index (χ1v) is 10.6. The first-order valence-electron chi connectivity index (χ1n) is 12.7. The third kappa shape index (κ3) is 13.0. The van der Waals surface area contributed by atoms with Crippen molar-refractivity contribution in [3.63, 3.8) is 0 Å². The second-order valence-electron chi connectivity index (χ2n) is 7.16. The van der Waals surface area contributed by atoms with E-state index in [1.807, 2.05) is 30.3 Å². The summed E-state index contributed by atoms with van der Waals surface area (Å²) in [5, 5.41) is 0. The van der Waals surface area contributed by atoms with Crippen LogP contribution in [0.3, 0.4) is 0 Å². The summed E-state index contributed by atoms with van der Waals surface area (Å²) in [4.78, 5) is 0. The van der Waals surface area contributed by atoms with Crippen molar-refractivity contribution in [2.24, 2.45) is 5.41 Å². The minimum atomic E-state index is -0.447. The van der Waals surface area contributed by atoms with Crippen LogP contribution in [-0.4, -0.2) is 59.5 Å². The van der Waals surface area contributed by atoms with Gasteiger partial charge in [-0.3, -0.25) is 0 Å². The molecule has 0 saturated carbocycles. The van der Waals surface area contributed by atoms with Gasteiger partial charge >= 0.3 is 0 Å². The van der Waals surface area contributed by atoms with Gasteiger partial charge in [-0.15, -0.1) is 0 Å². The van der Waals surface area contributed by atoms with Crippen molar-refractivity contribution in [1.29, 1.82) is 0 Å². The monoisotopic (exact) mass is 413 g/mol. The molecular weight excluding hydrogens is 368 g/mol. The van der Waals surface area contributed by atoms with Gasteiger partial charge in [0.2, 0.25) is 0 Å². The molecule has 5 heteroatoms. The fourth-order valence-electron chi connectivity index (χ4n) is 2.74. The molecule has 1 rings (SSSR count). The summed E-state index contributed by atoms with van der Waals surface area (Å²) in [6.07, 6.45) is 2.86. The Morgan fingerprint density at radius 2 is 1.14 bits per heavy atom. The predicted molar refractivity (Wildman–Crippen MR) is 117 cm³/mol. The van der Waals surface area contributed by atoms with E-state index in [0.717, 1.165) is 12.0 Å². The van der Waals surface area contributed by atoms with E-state index in [1.54, 1.807) is 0 Å². The van der Waals surface area contributed by atoms with Gasteiger partial charge in [-0.1, -0.05) is 51.0 Å². The molecule has 0 aliphatic heterocycles. The molecule has 168 valence electrons. The second kappa shape index (κ2) is 17.8. The Bertz CT molecular complexity index is 490. The maximum Gasteiger partial charge on any atom is 0.0716 e. The molecule has 0 heterocycles. The lowest BCUT2D eigenvalue weighted by molar-refractivity contribution is -0.107. The van der Waals surface area contributed by atoms with E-state index in [2.05, 4.69) is 0 Å². The molecule has 0 saturated heterocycles. The minimum absolute atomic E-state index is 0.340. The zero-order valence-electron chi connectivity index (χ0n) is 20.9. The first-order chi connectivity index (χ1) is 15.8. The quantitative estimate of drug-likeness (QED) is 0.285. The number of benzene rings is 1. The Balaban J connectivity index is 2.46. The van der Waals surface area contributed by atoms with E-state index in [4.69, 9.17) is 27.8 Å². The Kier molecular flexibility index (Phi) is 13.1. The van der Waals surface area contributed by atoms with E-state index in [9.17, 15) is 0 Å². The van der Waals surface area contributed by atoms with Crippen molar-refractivity contribution in [2.75, 3.05) is 59.5 Å². The van der Waals surface area contributed by atoms with Crippen molar-refractivity contribution in [3.05, 3.63) is 35.9 Å². The van der Waals surface area contributed by atoms with Crippen LogP contribution in [0.2, 0.25) is 0 Å². The van der Waals surface area contributed by atoms with Crippen molar-refractivity contribution < 1.29 is 27.8 Å². The zero-order chi connectivity index (χ0) is 23.2. The molecule has 0 radical (unpaired) electrons. The van der Waals surface area contributed by atoms with E-state index < -0.39 is 5.41 Å². The summed E-state index contributed by atoms with van der Waals surface area (Å²) >= 11 is 0. The lowest BCUT2D eigenvalue weighted by atomic mass is 9.92. The summed E-state index contributed by atoms with van der Waals surface area (Å²) < 4.78 is 51.1. The fraction of sp³-hybridized carbons (Fsp3) is 0.750. The molecule has 1 aromatic carbocycles. The third-order valence-corrected chi connectivity index (χ3v) is 4.19. The van der Waals surface area contributed by atoms with Gasteiger partial charge in [-0.05, 0) is 31.2 Å². The van der Waals surface area contributed by atoms with Gasteiger partial charge in [0.15, 0.2) is 0 Å². The van der Waals surface area contributed by atoms with Gasteiger partial charge in [0.1, 0.15) is 0 Å². The standard InChI is InChI=1S/C24H42O5/c1-4-13-26-19-24(20-27-14-5-2,21-28-15-6-3)22-29-17-10-16-25-18-23-11-8-7-9-12-23/h7-9,11-12H,4-6,10,13-22H2,1-3H3/i1D,2D,3D. The molecular formula is C24H42O5. The molecule has 0 aromatic heterocycles. The number of hydrogen-bond donors (Lipinski definition) is 0. The highest BCUT2D eigenvalue weighted by atomic mass is 16.5. The molecule has 0 N–H and O–H groups in total. The highest BCUT2D eigenvalue weighted by Crippen LogP contribution is 2.21. The molecule has 0 unspecified atom stereocenters. The summed E-state index contributed by atoms with van der Waals surface area (Å²) in [5.74, 6) is 0. The van der Waals surface area contributed by atoms with Crippen LogP contribution in [-0.2, 0) is 30.3 Å². The normalized spacial score (nSPS) is 13.2. The average molecular weight is 414 g/mol. The van der Waals surface area contributed by atoms with Gasteiger partial charge in [0, 0.05) is 37.1 Å². The highest BCUT2D eigenvalue weighted by Gasteiger charge is 2.32. The highest BCUT2D eigenvalue weighted by molar-refractivity contribution is 5.13. The van der Waals surface area contributed by atoms with Gasteiger partial charge < -0.3 is 23.7 Å². The molecule has 0 bridgehead atoms. The lowest BCUT2D eigenvalue weighted by Crippen LogP contribution is -2.42. The number of ether oxygens (including phenoxy) is 5. The van der Waals surface area contributed by atoms with Crippen LogP contribution in [0, 0.1) is 5.41 Å². The van der Waals surface area contributed by atoms with Crippen LogP contribution in [0.1, 0.15) is 56.1 Å². The van der Waals surface area contributed by atoms with Crippen LogP contribution in [0.4, 0.5) is 0 Å². The summed E-state index contributed by atoms with van der Waals surface area (Å²) in [7, 11) is 0. The van der Waals surface area contributed by atoms with Gasteiger partial charge in [0.25, 0.3) is 0 Å². The zero-order valence-corrected chi connectivity index (χ0v) is 17.9. The molecule has 0 aliphatic carbocycles.